The van der Waals surface area contributed by atoms with Crippen LogP contribution in [0.4, 0.5) is 0 Å². The molecule has 20 heavy (non-hydrogen) atoms. The summed E-state index contributed by atoms with van der Waals surface area (Å²) in [6, 6.07) is 5.81. The van der Waals surface area contributed by atoms with E-state index >= 15 is 0 Å². The molecule has 0 fully saturated rings. The summed E-state index contributed by atoms with van der Waals surface area (Å²) in [6.07, 6.45) is 4.03. The lowest BCUT2D eigenvalue weighted by Gasteiger charge is -2.25. The van der Waals surface area contributed by atoms with Gasteiger partial charge in [-0.05, 0) is 18.7 Å². The molecule has 6 nitrogen and oxygen atoms in total. The summed E-state index contributed by atoms with van der Waals surface area (Å²) >= 11 is 0. The molecule has 1 aliphatic heterocycles. The van der Waals surface area contributed by atoms with Gasteiger partial charge in [-0.2, -0.15) is 0 Å². The molecule has 0 saturated carbocycles. The van der Waals surface area contributed by atoms with Gasteiger partial charge in [-0.1, -0.05) is 6.07 Å². The average Bonchev–Trinajstić information content (AvgIpc) is 2.76. The van der Waals surface area contributed by atoms with Crippen molar-refractivity contribution in [3.8, 4) is 0 Å². The summed E-state index contributed by atoms with van der Waals surface area (Å²) in [6.45, 7) is 3.22. The Morgan fingerprint density at radius 1 is 1.35 bits per heavy atom. The van der Waals surface area contributed by atoms with Crippen LogP contribution in [0.2, 0.25) is 0 Å². The van der Waals surface area contributed by atoms with Gasteiger partial charge in [0.15, 0.2) is 6.23 Å². The summed E-state index contributed by atoms with van der Waals surface area (Å²) in [5.41, 5.74) is 12.3. The SMILES string of the molecule is C=O.Cl.Cl.NCCC1OC=C(N)N1Cc1ccccn1. The normalized spacial score (nSPS) is 15.8. The molecule has 114 valence electrons. The molecule has 1 aliphatic rings. The van der Waals surface area contributed by atoms with Gasteiger partial charge in [-0.25, -0.2) is 0 Å². The second-order valence-corrected chi connectivity index (χ2v) is 3.66. The molecule has 0 aromatic carbocycles. The summed E-state index contributed by atoms with van der Waals surface area (Å²) in [5.74, 6) is 0.629. The van der Waals surface area contributed by atoms with E-state index in [1.165, 1.54) is 0 Å². The molecular weight excluding hydrogens is 303 g/mol. The van der Waals surface area contributed by atoms with Crippen LogP contribution in [-0.4, -0.2) is 29.4 Å². The lowest BCUT2D eigenvalue weighted by atomic mass is 10.3. The molecule has 1 aromatic rings. The standard InChI is InChI=1S/C11H16N4O.CH2O.2ClH/c12-5-4-11-15(10(13)8-16-11)7-9-3-1-2-6-14-9;1-2;;/h1-3,6,8,11H,4-5,7,12-13H2;1H2;2*1H. The van der Waals surface area contributed by atoms with Crippen molar-refractivity contribution in [1.82, 2.24) is 9.88 Å². The Morgan fingerprint density at radius 2 is 2.05 bits per heavy atom. The Labute approximate surface area is 131 Å². The maximum atomic E-state index is 8.00. The van der Waals surface area contributed by atoms with Crippen molar-refractivity contribution in [1.29, 1.82) is 0 Å². The molecule has 2 heterocycles. The molecule has 0 amide bonds. The van der Waals surface area contributed by atoms with E-state index in [0.29, 0.717) is 18.9 Å². The Kier molecular flexibility index (Phi) is 11.8. The minimum Gasteiger partial charge on any atom is -0.474 e. The highest BCUT2D eigenvalue weighted by atomic mass is 35.5. The highest BCUT2D eigenvalue weighted by Gasteiger charge is 2.25. The topological polar surface area (TPSA) is 94.5 Å². The van der Waals surface area contributed by atoms with E-state index in [4.69, 9.17) is 21.0 Å². The Hall–Kier alpha value is -1.50. The van der Waals surface area contributed by atoms with Crippen LogP contribution in [0.15, 0.2) is 36.5 Å². The number of nitrogens with zero attached hydrogens (tertiary/aromatic N) is 2. The van der Waals surface area contributed by atoms with E-state index in [-0.39, 0.29) is 31.0 Å². The third-order valence-electron chi connectivity index (χ3n) is 2.50. The van der Waals surface area contributed by atoms with Crippen molar-refractivity contribution in [2.75, 3.05) is 6.54 Å². The van der Waals surface area contributed by atoms with Crippen molar-refractivity contribution < 1.29 is 9.53 Å². The summed E-state index contributed by atoms with van der Waals surface area (Å²) in [5, 5.41) is 0. The molecule has 1 atom stereocenters. The third-order valence-corrected chi connectivity index (χ3v) is 2.50. The first kappa shape index (κ1) is 20.8. The van der Waals surface area contributed by atoms with Crippen molar-refractivity contribution in [3.63, 3.8) is 0 Å². The Bertz CT molecular complexity index is 392. The third kappa shape index (κ3) is 5.64. The zero-order valence-corrected chi connectivity index (χ0v) is 12.6. The van der Waals surface area contributed by atoms with Crippen LogP contribution >= 0.6 is 24.8 Å². The van der Waals surface area contributed by atoms with Gasteiger partial charge in [-0.3, -0.25) is 4.98 Å². The van der Waals surface area contributed by atoms with Crippen LogP contribution in [0, 0.1) is 0 Å². The van der Waals surface area contributed by atoms with Crippen LogP contribution < -0.4 is 11.5 Å². The molecule has 0 saturated heterocycles. The van der Waals surface area contributed by atoms with Crippen molar-refractivity contribution in [3.05, 3.63) is 42.2 Å². The predicted octanol–water partition coefficient (Wildman–Crippen LogP) is 1.00. The quantitative estimate of drug-likeness (QED) is 0.859. The molecule has 0 bridgehead atoms. The van der Waals surface area contributed by atoms with Gasteiger partial charge in [0, 0.05) is 12.6 Å². The van der Waals surface area contributed by atoms with Gasteiger partial charge in [-0.15, -0.1) is 24.8 Å². The average molecular weight is 323 g/mol. The van der Waals surface area contributed by atoms with Gasteiger partial charge < -0.3 is 25.9 Å². The number of hydrogen-bond donors (Lipinski definition) is 2. The fourth-order valence-electron chi connectivity index (χ4n) is 1.68. The number of carbonyl (C=O) groups is 1. The molecule has 4 N–H and O–H groups in total. The van der Waals surface area contributed by atoms with Crippen LogP contribution in [0.3, 0.4) is 0 Å². The smallest absolute Gasteiger partial charge is 0.174 e. The summed E-state index contributed by atoms with van der Waals surface area (Å²) in [7, 11) is 0. The number of aromatic nitrogens is 1. The van der Waals surface area contributed by atoms with Gasteiger partial charge >= 0.3 is 0 Å². The van der Waals surface area contributed by atoms with Gasteiger partial charge in [0.1, 0.15) is 18.9 Å². The first-order chi connectivity index (χ1) is 8.81. The molecule has 0 radical (unpaired) electrons. The van der Waals surface area contributed by atoms with E-state index in [1.54, 1.807) is 12.5 Å². The van der Waals surface area contributed by atoms with E-state index in [2.05, 4.69) is 4.98 Å². The molecular formula is C12H20Cl2N4O2. The number of halogens is 2. The number of carbonyl (C=O) groups excluding carboxylic acids is 1. The second-order valence-electron chi connectivity index (χ2n) is 3.66. The first-order valence-electron chi connectivity index (χ1n) is 5.58. The molecule has 2 rings (SSSR count). The van der Waals surface area contributed by atoms with E-state index in [1.807, 2.05) is 29.9 Å². The Morgan fingerprint density at radius 3 is 2.60 bits per heavy atom. The number of ether oxygens (including phenoxy) is 1. The molecule has 8 heteroatoms. The van der Waals surface area contributed by atoms with Crippen LogP contribution in [-0.2, 0) is 16.1 Å². The van der Waals surface area contributed by atoms with E-state index in [9.17, 15) is 0 Å². The fraction of sp³-hybridized carbons (Fsp3) is 0.333. The lowest BCUT2D eigenvalue weighted by Crippen LogP contribution is -2.35. The highest BCUT2D eigenvalue weighted by molar-refractivity contribution is 5.85. The van der Waals surface area contributed by atoms with Crippen LogP contribution in [0.5, 0.6) is 0 Å². The van der Waals surface area contributed by atoms with Crippen molar-refractivity contribution >= 4 is 31.6 Å². The van der Waals surface area contributed by atoms with Gasteiger partial charge in [0.05, 0.1) is 12.2 Å². The predicted molar refractivity (Wildman–Crippen MR) is 82.2 cm³/mol. The molecule has 0 aliphatic carbocycles. The zero-order chi connectivity index (χ0) is 13.4. The number of pyridine rings is 1. The van der Waals surface area contributed by atoms with Crippen molar-refractivity contribution in [2.24, 2.45) is 11.5 Å². The number of nitrogens with two attached hydrogens (primary N) is 2. The lowest BCUT2D eigenvalue weighted by molar-refractivity contribution is -0.0979. The summed E-state index contributed by atoms with van der Waals surface area (Å²) in [4.78, 5) is 14.2. The molecule has 1 aromatic heterocycles. The fourth-order valence-corrected chi connectivity index (χ4v) is 1.68. The van der Waals surface area contributed by atoms with Gasteiger partial charge in [0.2, 0.25) is 0 Å². The van der Waals surface area contributed by atoms with Crippen LogP contribution in [0.25, 0.3) is 0 Å². The highest BCUT2D eigenvalue weighted by Crippen LogP contribution is 2.20. The largest absolute Gasteiger partial charge is 0.474 e. The van der Waals surface area contributed by atoms with Crippen LogP contribution in [0.1, 0.15) is 12.1 Å². The van der Waals surface area contributed by atoms with E-state index < -0.39 is 0 Å². The first-order valence-corrected chi connectivity index (χ1v) is 5.58. The van der Waals surface area contributed by atoms with Crippen molar-refractivity contribution in [2.45, 2.75) is 19.2 Å². The second kappa shape index (κ2) is 11.3. The number of hydrogen-bond acceptors (Lipinski definition) is 6. The minimum absolute atomic E-state index is 0. The minimum atomic E-state index is -0.0630. The Balaban J connectivity index is 0. The molecule has 0 spiro atoms. The maximum absolute atomic E-state index is 8.00. The van der Waals surface area contributed by atoms with E-state index in [0.717, 1.165) is 12.1 Å². The molecule has 1 unspecified atom stereocenters. The zero-order valence-electron chi connectivity index (χ0n) is 11.0. The number of rotatable bonds is 4. The summed E-state index contributed by atoms with van der Waals surface area (Å²) < 4.78 is 5.42. The monoisotopic (exact) mass is 322 g/mol. The maximum Gasteiger partial charge on any atom is 0.174 e. The van der Waals surface area contributed by atoms with Gasteiger partial charge in [0.25, 0.3) is 0 Å².